The summed E-state index contributed by atoms with van der Waals surface area (Å²) in [7, 11) is 0. The van der Waals surface area contributed by atoms with Gasteiger partial charge in [0.2, 0.25) is 0 Å². The largest absolute Gasteiger partial charge is 0.366 e. The fourth-order valence-corrected chi connectivity index (χ4v) is 2.52. The number of nitrogens with one attached hydrogen (secondary N) is 1. The number of carbonyl (C=O) groups excluding carboxylic acids is 1. The maximum Gasteiger partial charge on any atom is 0.255 e. The number of aromatic nitrogens is 1. The first kappa shape index (κ1) is 14.5. The second kappa shape index (κ2) is 6.56. The van der Waals surface area contributed by atoms with Crippen molar-refractivity contribution in [1.82, 2.24) is 9.88 Å². The predicted octanol–water partition coefficient (Wildman–Crippen LogP) is 3.07. The normalized spacial score (nSPS) is 14.1. The summed E-state index contributed by atoms with van der Waals surface area (Å²) in [5.74, 6) is 0.504. The van der Waals surface area contributed by atoms with Crippen LogP contribution in [0.2, 0.25) is 0 Å². The number of pyridine rings is 1. The van der Waals surface area contributed by atoms with E-state index < -0.39 is 0 Å². The Morgan fingerprint density at radius 3 is 2.50 bits per heavy atom. The highest BCUT2D eigenvalue weighted by Crippen LogP contribution is 2.14. The zero-order chi connectivity index (χ0) is 15.4. The molecule has 3 rings (SSSR count). The Morgan fingerprint density at radius 1 is 1.14 bits per heavy atom. The van der Waals surface area contributed by atoms with Crippen LogP contribution in [0.3, 0.4) is 0 Å². The lowest BCUT2D eigenvalue weighted by Gasteiger charge is -2.15. The van der Waals surface area contributed by atoms with E-state index in [1.165, 1.54) is 12.1 Å². The third-order valence-corrected chi connectivity index (χ3v) is 3.79. The summed E-state index contributed by atoms with van der Waals surface area (Å²) in [5, 5.41) is 3.16. The summed E-state index contributed by atoms with van der Waals surface area (Å²) < 4.78 is 12.8. The molecule has 1 saturated heterocycles. The van der Waals surface area contributed by atoms with Crippen LogP contribution in [0, 0.1) is 5.82 Å². The van der Waals surface area contributed by atoms with Crippen molar-refractivity contribution < 1.29 is 9.18 Å². The number of hydrogen-bond acceptors (Lipinski definition) is 3. The number of hydrogen-bond donors (Lipinski definition) is 1. The Balaban J connectivity index is 1.59. The van der Waals surface area contributed by atoms with Crippen molar-refractivity contribution in [3.05, 3.63) is 59.5 Å². The van der Waals surface area contributed by atoms with Gasteiger partial charge in [-0.05, 0) is 42.7 Å². The van der Waals surface area contributed by atoms with E-state index in [9.17, 15) is 9.18 Å². The molecule has 0 unspecified atom stereocenters. The van der Waals surface area contributed by atoms with Gasteiger partial charge in [0.1, 0.15) is 11.6 Å². The summed E-state index contributed by atoms with van der Waals surface area (Å²) in [6.45, 7) is 2.24. The van der Waals surface area contributed by atoms with Gasteiger partial charge in [0.05, 0.1) is 5.56 Å². The van der Waals surface area contributed by atoms with E-state index in [4.69, 9.17) is 0 Å². The Hall–Kier alpha value is -2.43. The second-order valence-electron chi connectivity index (χ2n) is 5.41. The molecule has 4 nitrogen and oxygen atoms in total. The van der Waals surface area contributed by atoms with E-state index in [0.29, 0.717) is 17.9 Å². The SMILES string of the molecule is O=C(c1ccc(NCc2ccc(F)cc2)nc1)N1CCCC1. The Morgan fingerprint density at radius 2 is 1.86 bits per heavy atom. The van der Waals surface area contributed by atoms with Gasteiger partial charge < -0.3 is 10.2 Å². The summed E-state index contributed by atoms with van der Waals surface area (Å²) >= 11 is 0. The zero-order valence-electron chi connectivity index (χ0n) is 12.3. The number of rotatable bonds is 4. The van der Waals surface area contributed by atoms with Gasteiger partial charge >= 0.3 is 0 Å². The Labute approximate surface area is 129 Å². The number of amides is 1. The number of halogens is 1. The van der Waals surface area contributed by atoms with Crippen molar-refractivity contribution in [1.29, 1.82) is 0 Å². The number of anilines is 1. The molecule has 2 heterocycles. The van der Waals surface area contributed by atoms with Crippen LogP contribution in [0.25, 0.3) is 0 Å². The molecule has 114 valence electrons. The molecule has 22 heavy (non-hydrogen) atoms. The van der Waals surface area contributed by atoms with E-state index in [0.717, 1.165) is 31.5 Å². The van der Waals surface area contributed by atoms with Gasteiger partial charge in [0, 0.05) is 25.8 Å². The van der Waals surface area contributed by atoms with Crippen LogP contribution in [-0.4, -0.2) is 28.9 Å². The molecular formula is C17H18FN3O. The first-order valence-electron chi connectivity index (χ1n) is 7.46. The molecule has 1 amide bonds. The zero-order valence-corrected chi connectivity index (χ0v) is 12.3. The van der Waals surface area contributed by atoms with Crippen LogP contribution < -0.4 is 5.32 Å². The maximum absolute atomic E-state index is 12.8. The minimum Gasteiger partial charge on any atom is -0.366 e. The number of likely N-dealkylation sites (tertiary alicyclic amines) is 1. The molecule has 0 saturated carbocycles. The molecule has 1 aliphatic heterocycles. The monoisotopic (exact) mass is 299 g/mol. The summed E-state index contributed by atoms with van der Waals surface area (Å²) in [5.41, 5.74) is 1.59. The summed E-state index contributed by atoms with van der Waals surface area (Å²) in [4.78, 5) is 18.3. The molecule has 0 spiro atoms. The summed E-state index contributed by atoms with van der Waals surface area (Å²) in [6, 6.07) is 9.92. The minimum absolute atomic E-state index is 0.0510. The molecule has 1 fully saturated rings. The highest BCUT2D eigenvalue weighted by molar-refractivity contribution is 5.94. The molecule has 1 aliphatic rings. The molecule has 1 aromatic heterocycles. The molecule has 0 bridgehead atoms. The molecule has 2 aromatic rings. The fourth-order valence-electron chi connectivity index (χ4n) is 2.52. The van der Waals surface area contributed by atoms with Crippen molar-refractivity contribution in [2.75, 3.05) is 18.4 Å². The quantitative estimate of drug-likeness (QED) is 0.943. The number of benzene rings is 1. The standard InChI is InChI=1S/C17H18FN3O/c18-15-6-3-13(4-7-15)11-19-16-8-5-14(12-20-16)17(22)21-9-1-2-10-21/h3-8,12H,1-2,9-11H2,(H,19,20). The third-order valence-electron chi connectivity index (χ3n) is 3.79. The fraction of sp³-hybridized carbons (Fsp3) is 0.294. The van der Waals surface area contributed by atoms with Crippen LogP contribution in [0.15, 0.2) is 42.6 Å². The van der Waals surface area contributed by atoms with E-state index in [-0.39, 0.29) is 11.7 Å². The average Bonchev–Trinajstić information content (AvgIpc) is 3.09. The van der Waals surface area contributed by atoms with E-state index in [2.05, 4.69) is 10.3 Å². The highest BCUT2D eigenvalue weighted by Gasteiger charge is 2.19. The topological polar surface area (TPSA) is 45.2 Å². The van der Waals surface area contributed by atoms with Gasteiger partial charge in [-0.1, -0.05) is 12.1 Å². The number of nitrogens with zero attached hydrogens (tertiary/aromatic N) is 2. The van der Waals surface area contributed by atoms with Gasteiger partial charge in [0.15, 0.2) is 0 Å². The average molecular weight is 299 g/mol. The van der Waals surface area contributed by atoms with E-state index in [1.54, 1.807) is 30.5 Å². The van der Waals surface area contributed by atoms with Crippen molar-refractivity contribution >= 4 is 11.7 Å². The molecular weight excluding hydrogens is 281 g/mol. The van der Waals surface area contributed by atoms with Gasteiger partial charge in [-0.15, -0.1) is 0 Å². The van der Waals surface area contributed by atoms with Gasteiger partial charge in [-0.2, -0.15) is 0 Å². The summed E-state index contributed by atoms with van der Waals surface area (Å²) in [6.07, 6.45) is 3.76. The third kappa shape index (κ3) is 3.42. The Kier molecular flexibility index (Phi) is 4.32. The first-order chi connectivity index (χ1) is 10.7. The van der Waals surface area contributed by atoms with Crippen LogP contribution in [0.1, 0.15) is 28.8 Å². The first-order valence-corrected chi connectivity index (χ1v) is 7.46. The van der Waals surface area contributed by atoms with Crippen molar-refractivity contribution in [3.8, 4) is 0 Å². The molecule has 0 aliphatic carbocycles. The van der Waals surface area contributed by atoms with E-state index in [1.807, 2.05) is 4.90 Å². The predicted molar refractivity (Wildman–Crippen MR) is 83.1 cm³/mol. The van der Waals surface area contributed by atoms with Crippen LogP contribution in [-0.2, 0) is 6.54 Å². The lowest BCUT2D eigenvalue weighted by atomic mass is 10.2. The smallest absolute Gasteiger partial charge is 0.255 e. The van der Waals surface area contributed by atoms with Crippen LogP contribution >= 0.6 is 0 Å². The maximum atomic E-state index is 12.8. The number of carbonyl (C=O) groups is 1. The lowest BCUT2D eigenvalue weighted by Crippen LogP contribution is -2.27. The van der Waals surface area contributed by atoms with Gasteiger partial charge in [0.25, 0.3) is 5.91 Å². The van der Waals surface area contributed by atoms with Gasteiger partial charge in [-0.25, -0.2) is 9.37 Å². The minimum atomic E-state index is -0.244. The van der Waals surface area contributed by atoms with Crippen molar-refractivity contribution in [2.45, 2.75) is 19.4 Å². The van der Waals surface area contributed by atoms with Crippen molar-refractivity contribution in [3.63, 3.8) is 0 Å². The van der Waals surface area contributed by atoms with Crippen molar-refractivity contribution in [2.24, 2.45) is 0 Å². The molecule has 0 atom stereocenters. The van der Waals surface area contributed by atoms with Crippen LogP contribution in [0.5, 0.6) is 0 Å². The Bertz CT molecular complexity index is 634. The van der Waals surface area contributed by atoms with Crippen LogP contribution in [0.4, 0.5) is 10.2 Å². The molecule has 1 N–H and O–H groups in total. The highest BCUT2D eigenvalue weighted by atomic mass is 19.1. The molecule has 0 radical (unpaired) electrons. The molecule has 1 aromatic carbocycles. The second-order valence-corrected chi connectivity index (χ2v) is 5.41. The lowest BCUT2D eigenvalue weighted by molar-refractivity contribution is 0.0792. The van der Waals surface area contributed by atoms with E-state index >= 15 is 0 Å². The van der Waals surface area contributed by atoms with Gasteiger partial charge in [-0.3, -0.25) is 4.79 Å². The molecule has 5 heteroatoms.